The molecular formula is C14H12BrN3O3. The summed E-state index contributed by atoms with van der Waals surface area (Å²) in [6.07, 6.45) is 1.45. The van der Waals surface area contributed by atoms with Gasteiger partial charge in [0.05, 0.1) is 11.0 Å². The van der Waals surface area contributed by atoms with Crippen LogP contribution in [0, 0.1) is 0 Å². The third-order valence-corrected chi connectivity index (χ3v) is 5.02. The van der Waals surface area contributed by atoms with Crippen molar-refractivity contribution in [2.75, 3.05) is 0 Å². The maximum atomic E-state index is 12.6. The van der Waals surface area contributed by atoms with Crippen molar-refractivity contribution in [2.45, 2.75) is 31.8 Å². The predicted octanol–water partition coefficient (Wildman–Crippen LogP) is 1.10. The molecule has 1 N–H and O–H groups in total. The number of nitrogens with one attached hydrogen (secondary N) is 1. The molecule has 1 unspecified atom stereocenters. The van der Waals surface area contributed by atoms with Crippen molar-refractivity contribution < 1.29 is 9.59 Å². The predicted molar refractivity (Wildman–Crippen MR) is 79.0 cm³/mol. The van der Waals surface area contributed by atoms with E-state index in [4.69, 9.17) is 0 Å². The van der Waals surface area contributed by atoms with Crippen LogP contribution in [0.25, 0.3) is 11.0 Å². The van der Waals surface area contributed by atoms with Gasteiger partial charge in [-0.3, -0.25) is 24.0 Å². The van der Waals surface area contributed by atoms with E-state index in [0.29, 0.717) is 13.0 Å². The molecule has 3 heterocycles. The van der Waals surface area contributed by atoms with Gasteiger partial charge in [-0.05, 0) is 30.5 Å². The van der Waals surface area contributed by atoms with Gasteiger partial charge in [-0.2, -0.15) is 0 Å². The standard InChI is InChI=1S/C14H12BrN3O3/c15-8-1-2-9-12-7(8)5-6-17(12)14(21)18(9)10-3-4-11(19)16-13(10)20/h1-2,10H,3-6H2,(H,16,19,20). The summed E-state index contributed by atoms with van der Waals surface area (Å²) in [5, 5.41) is 2.32. The Bertz CT molecular complexity index is 864. The Morgan fingerprint density at radius 3 is 2.76 bits per heavy atom. The van der Waals surface area contributed by atoms with Gasteiger partial charge in [0, 0.05) is 17.4 Å². The van der Waals surface area contributed by atoms with Gasteiger partial charge < -0.3 is 0 Å². The second-order valence-corrected chi connectivity index (χ2v) is 6.27. The van der Waals surface area contributed by atoms with Gasteiger partial charge in [-0.15, -0.1) is 0 Å². The largest absolute Gasteiger partial charge is 0.329 e. The van der Waals surface area contributed by atoms with Gasteiger partial charge in [0.2, 0.25) is 11.8 Å². The zero-order valence-corrected chi connectivity index (χ0v) is 12.6. The summed E-state index contributed by atoms with van der Waals surface area (Å²) in [6.45, 7) is 0.632. The summed E-state index contributed by atoms with van der Waals surface area (Å²) in [5.41, 5.74) is 2.61. The minimum Gasteiger partial charge on any atom is -0.295 e. The van der Waals surface area contributed by atoms with Crippen LogP contribution in [0.2, 0.25) is 0 Å². The van der Waals surface area contributed by atoms with Crippen molar-refractivity contribution in [3.63, 3.8) is 0 Å². The first-order chi connectivity index (χ1) is 10.1. The minimum atomic E-state index is -0.605. The average molecular weight is 350 g/mol. The second kappa shape index (κ2) is 4.30. The molecule has 1 aromatic carbocycles. The van der Waals surface area contributed by atoms with Crippen LogP contribution in [-0.2, 0) is 22.6 Å². The molecule has 2 aromatic rings. The Morgan fingerprint density at radius 1 is 1.19 bits per heavy atom. The third kappa shape index (κ3) is 1.67. The van der Waals surface area contributed by atoms with Gasteiger partial charge in [-0.25, -0.2) is 4.79 Å². The molecule has 0 radical (unpaired) electrons. The van der Waals surface area contributed by atoms with Gasteiger partial charge in [0.15, 0.2) is 0 Å². The molecule has 7 heteroatoms. The molecule has 1 saturated heterocycles. The summed E-state index contributed by atoms with van der Waals surface area (Å²) in [5.74, 6) is -0.666. The summed E-state index contributed by atoms with van der Waals surface area (Å²) in [6, 6.07) is 3.16. The summed E-state index contributed by atoms with van der Waals surface area (Å²) < 4.78 is 4.24. The topological polar surface area (TPSA) is 73.1 Å². The zero-order valence-electron chi connectivity index (χ0n) is 11.1. The number of aromatic nitrogens is 2. The number of imide groups is 1. The fourth-order valence-corrected chi connectivity index (χ4v) is 3.84. The minimum absolute atomic E-state index is 0.170. The van der Waals surface area contributed by atoms with Crippen molar-refractivity contribution in [1.82, 2.24) is 14.5 Å². The highest BCUT2D eigenvalue weighted by Crippen LogP contribution is 2.33. The number of hydrogen-bond acceptors (Lipinski definition) is 3. The molecule has 4 rings (SSSR count). The van der Waals surface area contributed by atoms with Gasteiger partial charge in [-0.1, -0.05) is 15.9 Å². The Morgan fingerprint density at radius 2 is 2.00 bits per heavy atom. The molecular weight excluding hydrogens is 338 g/mol. The zero-order chi connectivity index (χ0) is 14.7. The highest BCUT2D eigenvalue weighted by Gasteiger charge is 2.33. The maximum absolute atomic E-state index is 12.6. The number of halogens is 1. The van der Waals surface area contributed by atoms with Crippen molar-refractivity contribution >= 4 is 38.8 Å². The van der Waals surface area contributed by atoms with E-state index in [0.717, 1.165) is 27.5 Å². The fraction of sp³-hybridized carbons (Fsp3) is 0.357. The SMILES string of the molecule is O=C1CCC(n2c(=O)n3c4c(c(Br)ccc42)CC3)C(=O)N1. The van der Waals surface area contributed by atoms with E-state index in [9.17, 15) is 14.4 Å². The number of carbonyl (C=O) groups excluding carboxylic acids is 2. The quantitative estimate of drug-likeness (QED) is 0.783. The molecule has 0 bridgehead atoms. The number of aryl methyl sites for hydroxylation is 2. The number of rotatable bonds is 1. The molecule has 0 aliphatic carbocycles. The lowest BCUT2D eigenvalue weighted by molar-refractivity contribution is -0.135. The first-order valence-corrected chi connectivity index (χ1v) is 7.63. The first kappa shape index (κ1) is 12.8. The van der Waals surface area contributed by atoms with E-state index < -0.39 is 11.9 Å². The molecule has 6 nitrogen and oxygen atoms in total. The lowest BCUT2D eigenvalue weighted by Gasteiger charge is -2.22. The molecule has 1 aromatic heterocycles. The Labute approximate surface area is 127 Å². The van der Waals surface area contributed by atoms with Crippen LogP contribution in [0.3, 0.4) is 0 Å². The number of hydrogen-bond donors (Lipinski definition) is 1. The lowest BCUT2D eigenvalue weighted by atomic mass is 10.1. The second-order valence-electron chi connectivity index (χ2n) is 5.41. The summed E-state index contributed by atoms with van der Waals surface area (Å²) >= 11 is 3.51. The normalized spacial score (nSPS) is 21.1. The third-order valence-electron chi connectivity index (χ3n) is 4.28. The highest BCUT2D eigenvalue weighted by molar-refractivity contribution is 9.10. The van der Waals surface area contributed by atoms with Gasteiger partial charge >= 0.3 is 5.69 Å². The van der Waals surface area contributed by atoms with Crippen LogP contribution in [-0.4, -0.2) is 20.9 Å². The van der Waals surface area contributed by atoms with E-state index >= 15 is 0 Å². The van der Waals surface area contributed by atoms with Gasteiger partial charge in [0.25, 0.3) is 0 Å². The lowest BCUT2D eigenvalue weighted by Crippen LogP contribution is -2.44. The van der Waals surface area contributed by atoms with Crippen molar-refractivity contribution in [1.29, 1.82) is 0 Å². The van der Waals surface area contributed by atoms with Crippen LogP contribution in [0.4, 0.5) is 0 Å². The smallest absolute Gasteiger partial charge is 0.295 e. The van der Waals surface area contributed by atoms with Gasteiger partial charge in [0.1, 0.15) is 6.04 Å². The van der Waals surface area contributed by atoms with Crippen LogP contribution >= 0.6 is 15.9 Å². The highest BCUT2D eigenvalue weighted by atomic mass is 79.9. The average Bonchev–Trinajstić information content (AvgIpc) is 2.99. The van der Waals surface area contributed by atoms with E-state index in [1.54, 1.807) is 4.57 Å². The monoisotopic (exact) mass is 349 g/mol. The van der Waals surface area contributed by atoms with Crippen molar-refractivity contribution in [2.24, 2.45) is 0 Å². The molecule has 2 aliphatic rings. The molecule has 108 valence electrons. The molecule has 1 fully saturated rings. The molecule has 1 atom stereocenters. The number of nitrogens with zero attached hydrogens (tertiary/aromatic N) is 2. The van der Waals surface area contributed by atoms with E-state index in [-0.39, 0.29) is 18.0 Å². The fourth-order valence-electron chi connectivity index (χ4n) is 3.32. The number of benzene rings is 1. The van der Waals surface area contributed by atoms with Crippen LogP contribution in [0.15, 0.2) is 21.4 Å². The van der Waals surface area contributed by atoms with E-state index in [1.807, 2.05) is 12.1 Å². The maximum Gasteiger partial charge on any atom is 0.329 e. The van der Waals surface area contributed by atoms with Crippen molar-refractivity contribution in [3.05, 3.63) is 32.7 Å². The van der Waals surface area contributed by atoms with E-state index in [1.165, 1.54) is 4.57 Å². The van der Waals surface area contributed by atoms with E-state index in [2.05, 4.69) is 21.2 Å². The molecule has 21 heavy (non-hydrogen) atoms. The van der Waals surface area contributed by atoms with Crippen LogP contribution < -0.4 is 11.0 Å². The molecule has 2 aliphatic heterocycles. The summed E-state index contributed by atoms with van der Waals surface area (Å²) in [7, 11) is 0. The molecule has 2 amide bonds. The van der Waals surface area contributed by atoms with Crippen LogP contribution in [0.5, 0.6) is 0 Å². The summed E-state index contributed by atoms with van der Waals surface area (Å²) in [4.78, 5) is 36.0. The Kier molecular flexibility index (Phi) is 2.63. The van der Waals surface area contributed by atoms with Crippen molar-refractivity contribution in [3.8, 4) is 0 Å². The number of piperidine rings is 1. The number of amides is 2. The Balaban J connectivity index is 1.97. The molecule has 0 saturated carbocycles. The van der Waals surface area contributed by atoms with Crippen LogP contribution in [0.1, 0.15) is 24.4 Å². The Hall–Kier alpha value is -1.89. The number of imidazole rings is 1. The first-order valence-electron chi connectivity index (χ1n) is 6.83. The number of carbonyl (C=O) groups is 2. The molecule has 0 spiro atoms.